The van der Waals surface area contributed by atoms with Crippen molar-refractivity contribution >= 4 is 40.0 Å². The Morgan fingerprint density at radius 2 is 2.08 bits per heavy atom. The SMILES string of the molecule is Cc1cc(Nc2nc(NC(CC(F)F)C(N)=O)cnc2C(N)=O)sn1. The van der Waals surface area contributed by atoms with Gasteiger partial charge in [-0.05, 0) is 24.5 Å². The first-order valence-corrected chi connectivity index (χ1v) is 7.74. The number of nitrogens with two attached hydrogens (primary N) is 2. The van der Waals surface area contributed by atoms with E-state index < -0.39 is 30.7 Å². The Bertz CT molecular complexity index is 783. The van der Waals surface area contributed by atoms with Gasteiger partial charge in [0.1, 0.15) is 16.9 Å². The number of anilines is 3. The first-order valence-electron chi connectivity index (χ1n) is 6.97. The number of aromatic nitrogens is 3. The number of halogens is 2. The number of amides is 2. The molecule has 6 N–H and O–H groups in total. The Balaban J connectivity index is 2.29. The van der Waals surface area contributed by atoms with Crippen molar-refractivity contribution < 1.29 is 18.4 Å². The summed E-state index contributed by atoms with van der Waals surface area (Å²) >= 11 is 1.12. The second-order valence-corrected chi connectivity index (χ2v) is 5.81. The topological polar surface area (TPSA) is 149 Å². The van der Waals surface area contributed by atoms with Crippen LogP contribution < -0.4 is 22.1 Å². The first-order chi connectivity index (χ1) is 11.8. The van der Waals surface area contributed by atoms with Crippen molar-refractivity contribution in [2.24, 2.45) is 11.5 Å². The molecule has 2 rings (SSSR count). The van der Waals surface area contributed by atoms with E-state index in [1.165, 1.54) is 0 Å². The molecule has 9 nitrogen and oxygen atoms in total. The molecule has 2 amide bonds. The monoisotopic (exact) mass is 371 g/mol. The van der Waals surface area contributed by atoms with Crippen LogP contribution in [0, 0.1) is 6.92 Å². The van der Waals surface area contributed by atoms with E-state index in [1.807, 2.05) is 0 Å². The van der Waals surface area contributed by atoms with E-state index in [0.717, 1.165) is 23.4 Å². The fourth-order valence-electron chi connectivity index (χ4n) is 1.87. The zero-order chi connectivity index (χ0) is 18.6. The van der Waals surface area contributed by atoms with Crippen LogP contribution in [-0.2, 0) is 4.79 Å². The molecule has 0 spiro atoms. The molecule has 0 aliphatic rings. The van der Waals surface area contributed by atoms with Gasteiger partial charge in [0.2, 0.25) is 12.3 Å². The van der Waals surface area contributed by atoms with Gasteiger partial charge in [-0.2, -0.15) is 4.37 Å². The second kappa shape index (κ2) is 7.79. The van der Waals surface area contributed by atoms with Gasteiger partial charge < -0.3 is 22.1 Å². The van der Waals surface area contributed by atoms with Gasteiger partial charge in [0.05, 0.1) is 11.9 Å². The van der Waals surface area contributed by atoms with Gasteiger partial charge in [-0.3, -0.25) is 9.59 Å². The minimum absolute atomic E-state index is 0.00131. The average Bonchev–Trinajstić information content (AvgIpc) is 2.91. The third-order valence-electron chi connectivity index (χ3n) is 2.95. The third kappa shape index (κ3) is 5.04. The minimum atomic E-state index is -2.74. The molecule has 0 saturated heterocycles. The Hall–Kier alpha value is -2.89. The number of nitrogens with zero attached hydrogens (tertiary/aromatic N) is 3. The number of primary amides is 2. The molecular formula is C13H15F2N7O2S. The lowest BCUT2D eigenvalue weighted by Gasteiger charge is -2.16. The fraction of sp³-hybridized carbons (Fsp3) is 0.308. The van der Waals surface area contributed by atoms with Crippen LogP contribution >= 0.6 is 11.5 Å². The van der Waals surface area contributed by atoms with E-state index in [9.17, 15) is 18.4 Å². The number of aryl methyl sites for hydroxylation is 1. The van der Waals surface area contributed by atoms with Gasteiger partial charge in [0, 0.05) is 6.42 Å². The molecule has 0 saturated carbocycles. The van der Waals surface area contributed by atoms with Crippen LogP contribution in [0.15, 0.2) is 12.3 Å². The van der Waals surface area contributed by atoms with E-state index >= 15 is 0 Å². The van der Waals surface area contributed by atoms with Crippen LogP contribution in [0.5, 0.6) is 0 Å². The van der Waals surface area contributed by atoms with Crippen molar-refractivity contribution in [3.8, 4) is 0 Å². The number of carbonyl (C=O) groups is 2. The van der Waals surface area contributed by atoms with Gasteiger partial charge in [-0.15, -0.1) is 0 Å². The molecular weight excluding hydrogens is 356 g/mol. The Kier molecular flexibility index (Phi) is 5.75. The largest absolute Gasteiger partial charge is 0.368 e. The molecule has 0 aliphatic heterocycles. The standard InChI is InChI=1S/C13H15F2N7O2S/c1-5-2-9(25-22-5)21-13-10(12(17)24)18-4-8(20-13)19-6(11(16)23)3-7(14)15/h2,4,6-7H,3H2,1H3,(H2,16,23)(H2,17,24)(H2,19,20,21). The predicted molar refractivity (Wildman–Crippen MR) is 87.9 cm³/mol. The van der Waals surface area contributed by atoms with Crippen LogP contribution in [0.1, 0.15) is 22.6 Å². The molecule has 134 valence electrons. The maximum absolute atomic E-state index is 12.5. The lowest BCUT2D eigenvalue weighted by Crippen LogP contribution is -2.37. The fourth-order valence-corrected chi connectivity index (χ4v) is 2.53. The molecule has 25 heavy (non-hydrogen) atoms. The lowest BCUT2D eigenvalue weighted by molar-refractivity contribution is -0.119. The zero-order valence-electron chi connectivity index (χ0n) is 13.0. The number of hydrogen-bond acceptors (Lipinski definition) is 8. The van der Waals surface area contributed by atoms with Gasteiger partial charge >= 0.3 is 0 Å². The molecule has 12 heteroatoms. The van der Waals surface area contributed by atoms with Crippen LogP contribution in [0.2, 0.25) is 0 Å². The smallest absolute Gasteiger partial charge is 0.271 e. The Labute approximate surface area is 145 Å². The average molecular weight is 371 g/mol. The molecule has 2 heterocycles. The van der Waals surface area contributed by atoms with Crippen molar-refractivity contribution in [3.05, 3.63) is 23.7 Å². The van der Waals surface area contributed by atoms with Gasteiger partial charge in [-0.1, -0.05) is 0 Å². The van der Waals surface area contributed by atoms with Crippen LogP contribution in [0.3, 0.4) is 0 Å². The molecule has 0 bridgehead atoms. The van der Waals surface area contributed by atoms with E-state index in [1.54, 1.807) is 13.0 Å². The normalized spacial score (nSPS) is 12.0. The molecule has 1 atom stereocenters. The summed E-state index contributed by atoms with van der Waals surface area (Å²) < 4.78 is 29.1. The summed E-state index contributed by atoms with van der Waals surface area (Å²) in [5.41, 5.74) is 10.9. The molecule has 2 aromatic rings. The molecule has 0 aliphatic carbocycles. The quantitative estimate of drug-likeness (QED) is 0.541. The van der Waals surface area contributed by atoms with Crippen molar-refractivity contribution in [2.45, 2.75) is 25.8 Å². The summed E-state index contributed by atoms with van der Waals surface area (Å²) in [6.07, 6.45) is -2.42. The molecule has 0 fully saturated rings. The van der Waals surface area contributed by atoms with Crippen molar-refractivity contribution in [1.82, 2.24) is 14.3 Å². The van der Waals surface area contributed by atoms with Gasteiger partial charge in [-0.25, -0.2) is 18.7 Å². The number of alkyl halides is 2. The maximum atomic E-state index is 12.5. The first kappa shape index (κ1) is 18.4. The van der Waals surface area contributed by atoms with Crippen LogP contribution in [0.25, 0.3) is 0 Å². The molecule has 0 aromatic carbocycles. The van der Waals surface area contributed by atoms with Crippen molar-refractivity contribution in [3.63, 3.8) is 0 Å². The molecule has 0 radical (unpaired) electrons. The van der Waals surface area contributed by atoms with E-state index in [4.69, 9.17) is 11.5 Å². The highest BCUT2D eigenvalue weighted by atomic mass is 32.1. The lowest BCUT2D eigenvalue weighted by atomic mass is 10.2. The third-order valence-corrected chi connectivity index (χ3v) is 3.75. The second-order valence-electron chi connectivity index (χ2n) is 5.00. The Morgan fingerprint density at radius 3 is 2.60 bits per heavy atom. The molecule has 1 unspecified atom stereocenters. The molecule has 2 aromatic heterocycles. The highest BCUT2D eigenvalue weighted by molar-refractivity contribution is 7.10. The summed E-state index contributed by atoms with van der Waals surface area (Å²) in [6.45, 7) is 1.78. The summed E-state index contributed by atoms with van der Waals surface area (Å²) in [5.74, 6) is -1.81. The van der Waals surface area contributed by atoms with Crippen LogP contribution in [-0.4, -0.2) is 38.6 Å². The van der Waals surface area contributed by atoms with E-state index in [-0.39, 0.29) is 17.3 Å². The summed E-state index contributed by atoms with van der Waals surface area (Å²) in [6, 6.07) is 0.368. The van der Waals surface area contributed by atoms with Crippen LogP contribution in [0.4, 0.5) is 25.4 Å². The number of hydrogen-bond donors (Lipinski definition) is 4. The summed E-state index contributed by atoms with van der Waals surface area (Å²) in [5, 5.41) is 5.88. The summed E-state index contributed by atoms with van der Waals surface area (Å²) in [7, 11) is 0. The number of nitrogens with one attached hydrogen (secondary N) is 2. The van der Waals surface area contributed by atoms with Gasteiger partial charge in [0.25, 0.3) is 5.91 Å². The Morgan fingerprint density at radius 1 is 1.36 bits per heavy atom. The van der Waals surface area contributed by atoms with E-state index in [0.29, 0.717) is 5.00 Å². The highest BCUT2D eigenvalue weighted by Gasteiger charge is 2.22. The maximum Gasteiger partial charge on any atom is 0.271 e. The minimum Gasteiger partial charge on any atom is -0.368 e. The predicted octanol–water partition coefficient (Wildman–Crippen LogP) is 1.01. The van der Waals surface area contributed by atoms with Gasteiger partial charge in [0.15, 0.2) is 11.5 Å². The van der Waals surface area contributed by atoms with Crippen molar-refractivity contribution in [2.75, 3.05) is 10.6 Å². The number of rotatable bonds is 8. The van der Waals surface area contributed by atoms with E-state index in [2.05, 4.69) is 25.0 Å². The highest BCUT2D eigenvalue weighted by Crippen LogP contribution is 2.23. The van der Waals surface area contributed by atoms with Crippen molar-refractivity contribution in [1.29, 1.82) is 0 Å². The zero-order valence-corrected chi connectivity index (χ0v) is 13.8. The number of carbonyl (C=O) groups excluding carboxylic acids is 2. The summed E-state index contributed by atoms with van der Waals surface area (Å²) in [4.78, 5) is 30.7.